The number of carbonyl (C=O) groups is 3. The molecule has 0 radical (unpaired) electrons. The maximum Gasteiger partial charge on any atom is 0.419 e. The molecule has 1 heterocycles. The van der Waals surface area contributed by atoms with Crippen LogP contribution in [0.4, 0.5) is 4.79 Å². The van der Waals surface area contributed by atoms with Crippen molar-refractivity contribution in [2.24, 2.45) is 0 Å². The van der Waals surface area contributed by atoms with E-state index in [2.05, 4.69) is 0 Å². The molecular formula is C23H21NO6. The number of fused-ring (bicyclic) bond motifs is 1. The Kier molecular flexibility index (Phi) is 5.47. The van der Waals surface area contributed by atoms with Crippen molar-refractivity contribution in [3.8, 4) is 0 Å². The SMILES string of the molecule is CC(C)(C)OC(=O)n1cc(C(O)=CC(=O)c2ccccc2C(=O)O)c2ccccc21. The van der Waals surface area contributed by atoms with Gasteiger partial charge in [-0.25, -0.2) is 9.59 Å². The molecule has 0 amide bonds. The highest BCUT2D eigenvalue weighted by atomic mass is 16.6. The second-order valence-electron chi connectivity index (χ2n) is 7.65. The summed E-state index contributed by atoms with van der Waals surface area (Å²) in [4.78, 5) is 36.6. The van der Waals surface area contributed by atoms with Gasteiger partial charge in [-0.2, -0.15) is 0 Å². The summed E-state index contributed by atoms with van der Waals surface area (Å²) in [5.74, 6) is -2.30. The Balaban J connectivity index is 2.06. The third-order valence-corrected chi connectivity index (χ3v) is 4.27. The van der Waals surface area contributed by atoms with Crippen LogP contribution in [0.2, 0.25) is 0 Å². The second kappa shape index (κ2) is 7.87. The number of carboxylic acids is 1. The number of hydrogen-bond donors (Lipinski definition) is 2. The minimum atomic E-state index is -1.24. The first-order chi connectivity index (χ1) is 14.1. The molecule has 2 aromatic carbocycles. The Labute approximate surface area is 172 Å². The number of aliphatic hydroxyl groups excluding tert-OH is 1. The van der Waals surface area contributed by atoms with Crippen molar-refractivity contribution < 1.29 is 29.3 Å². The fourth-order valence-electron chi connectivity index (χ4n) is 3.01. The van der Waals surface area contributed by atoms with Gasteiger partial charge in [0.15, 0.2) is 5.78 Å². The number of rotatable bonds is 4. The van der Waals surface area contributed by atoms with Gasteiger partial charge in [0.05, 0.1) is 11.1 Å². The van der Waals surface area contributed by atoms with E-state index in [-0.39, 0.29) is 16.7 Å². The zero-order chi connectivity index (χ0) is 22.1. The van der Waals surface area contributed by atoms with E-state index >= 15 is 0 Å². The average Bonchev–Trinajstić information content (AvgIpc) is 3.06. The Hall–Kier alpha value is -3.87. The molecule has 1 aromatic heterocycles. The minimum Gasteiger partial charge on any atom is -0.507 e. The van der Waals surface area contributed by atoms with E-state index in [1.165, 1.54) is 29.0 Å². The third kappa shape index (κ3) is 4.25. The lowest BCUT2D eigenvalue weighted by Gasteiger charge is -2.19. The quantitative estimate of drug-likeness (QED) is 0.362. The monoisotopic (exact) mass is 407 g/mol. The van der Waals surface area contributed by atoms with Crippen LogP contribution in [0, 0.1) is 0 Å². The molecule has 30 heavy (non-hydrogen) atoms. The largest absolute Gasteiger partial charge is 0.507 e. The zero-order valence-corrected chi connectivity index (χ0v) is 16.7. The topological polar surface area (TPSA) is 106 Å². The summed E-state index contributed by atoms with van der Waals surface area (Å²) in [5.41, 5.74) is -0.176. The Morgan fingerprint density at radius 2 is 1.50 bits per heavy atom. The number of carboxylic acid groups (broad SMARTS) is 1. The molecular weight excluding hydrogens is 386 g/mol. The number of aromatic carboxylic acids is 1. The number of ether oxygens (including phenoxy) is 1. The predicted molar refractivity (Wildman–Crippen MR) is 112 cm³/mol. The molecule has 0 saturated carbocycles. The first-order valence-corrected chi connectivity index (χ1v) is 9.19. The van der Waals surface area contributed by atoms with Crippen LogP contribution in [0.3, 0.4) is 0 Å². The van der Waals surface area contributed by atoms with Crippen LogP contribution >= 0.6 is 0 Å². The maximum absolute atomic E-state index is 12.6. The molecule has 0 saturated heterocycles. The number of aliphatic hydroxyl groups is 1. The highest BCUT2D eigenvalue weighted by Gasteiger charge is 2.22. The van der Waals surface area contributed by atoms with Crippen molar-refractivity contribution in [1.82, 2.24) is 4.57 Å². The molecule has 0 spiro atoms. The second-order valence-corrected chi connectivity index (χ2v) is 7.65. The summed E-state index contributed by atoms with van der Waals surface area (Å²) < 4.78 is 6.67. The summed E-state index contributed by atoms with van der Waals surface area (Å²) in [6.07, 6.45) is 1.71. The number of carbonyl (C=O) groups excluding carboxylic acids is 2. The molecule has 3 aromatic rings. The van der Waals surface area contributed by atoms with E-state index in [9.17, 15) is 24.6 Å². The number of para-hydroxylation sites is 1. The molecule has 0 atom stereocenters. The zero-order valence-electron chi connectivity index (χ0n) is 16.7. The first-order valence-electron chi connectivity index (χ1n) is 9.19. The summed E-state index contributed by atoms with van der Waals surface area (Å²) >= 11 is 0. The van der Waals surface area contributed by atoms with E-state index in [1.54, 1.807) is 51.1 Å². The van der Waals surface area contributed by atoms with Crippen molar-refractivity contribution in [3.63, 3.8) is 0 Å². The van der Waals surface area contributed by atoms with Gasteiger partial charge in [0.1, 0.15) is 11.4 Å². The first kappa shape index (κ1) is 20.9. The molecule has 2 N–H and O–H groups in total. The molecule has 154 valence electrons. The van der Waals surface area contributed by atoms with Gasteiger partial charge in [0.2, 0.25) is 0 Å². The van der Waals surface area contributed by atoms with Crippen LogP contribution in [0.25, 0.3) is 16.7 Å². The van der Waals surface area contributed by atoms with E-state index in [0.717, 1.165) is 6.08 Å². The van der Waals surface area contributed by atoms with Crippen molar-refractivity contribution >= 4 is 34.5 Å². The van der Waals surface area contributed by atoms with Gasteiger partial charge < -0.3 is 14.9 Å². The fraction of sp³-hybridized carbons (Fsp3) is 0.174. The van der Waals surface area contributed by atoms with Gasteiger partial charge in [0, 0.05) is 28.8 Å². The summed E-state index contributed by atoms with van der Waals surface area (Å²) in [7, 11) is 0. The van der Waals surface area contributed by atoms with Gasteiger partial charge in [-0.05, 0) is 32.9 Å². The summed E-state index contributed by atoms with van der Waals surface area (Å²) in [6.45, 7) is 5.23. The van der Waals surface area contributed by atoms with E-state index in [1.807, 2.05) is 0 Å². The lowest BCUT2D eigenvalue weighted by atomic mass is 10.0. The van der Waals surface area contributed by atoms with Crippen LogP contribution < -0.4 is 0 Å². The third-order valence-electron chi connectivity index (χ3n) is 4.27. The van der Waals surface area contributed by atoms with Crippen molar-refractivity contribution in [2.45, 2.75) is 26.4 Å². The molecule has 7 heteroatoms. The van der Waals surface area contributed by atoms with Crippen LogP contribution in [-0.4, -0.2) is 38.2 Å². The molecule has 0 aliphatic rings. The average molecular weight is 407 g/mol. The lowest BCUT2D eigenvalue weighted by Crippen LogP contribution is -2.26. The Morgan fingerprint density at radius 3 is 2.13 bits per heavy atom. The van der Waals surface area contributed by atoms with Gasteiger partial charge in [0.25, 0.3) is 0 Å². The van der Waals surface area contributed by atoms with Crippen LogP contribution in [-0.2, 0) is 4.74 Å². The van der Waals surface area contributed by atoms with Gasteiger partial charge in [-0.15, -0.1) is 0 Å². The molecule has 7 nitrogen and oxygen atoms in total. The van der Waals surface area contributed by atoms with E-state index < -0.39 is 29.2 Å². The molecule has 0 fully saturated rings. The molecule has 3 rings (SSSR count). The lowest BCUT2D eigenvalue weighted by molar-refractivity contribution is 0.0543. The maximum atomic E-state index is 12.6. The smallest absolute Gasteiger partial charge is 0.419 e. The minimum absolute atomic E-state index is 0.0487. The van der Waals surface area contributed by atoms with Crippen LogP contribution in [0.1, 0.15) is 47.1 Å². The highest BCUT2D eigenvalue weighted by molar-refractivity contribution is 6.14. The Morgan fingerprint density at radius 1 is 0.900 bits per heavy atom. The number of ketones is 1. The van der Waals surface area contributed by atoms with Gasteiger partial charge >= 0.3 is 12.1 Å². The highest BCUT2D eigenvalue weighted by Crippen LogP contribution is 2.27. The van der Waals surface area contributed by atoms with Crippen LogP contribution in [0.15, 0.2) is 60.8 Å². The molecule has 0 unspecified atom stereocenters. The number of nitrogens with zero attached hydrogens (tertiary/aromatic N) is 1. The molecule has 0 aliphatic carbocycles. The normalized spacial score (nSPS) is 12.0. The van der Waals surface area contributed by atoms with Gasteiger partial charge in [-0.1, -0.05) is 36.4 Å². The van der Waals surface area contributed by atoms with Crippen LogP contribution in [0.5, 0.6) is 0 Å². The van der Waals surface area contributed by atoms with Crippen molar-refractivity contribution in [1.29, 1.82) is 0 Å². The number of allylic oxidation sites excluding steroid dienone is 1. The number of benzene rings is 2. The number of aromatic nitrogens is 1. The van der Waals surface area contributed by atoms with Gasteiger partial charge in [-0.3, -0.25) is 9.36 Å². The summed E-state index contributed by atoms with van der Waals surface area (Å²) in [6, 6.07) is 12.6. The molecule has 0 aliphatic heterocycles. The predicted octanol–water partition coefficient (Wildman–Crippen LogP) is 4.90. The fourth-order valence-corrected chi connectivity index (χ4v) is 3.01. The number of hydrogen-bond acceptors (Lipinski definition) is 5. The summed E-state index contributed by atoms with van der Waals surface area (Å²) in [5, 5.41) is 20.4. The van der Waals surface area contributed by atoms with E-state index in [4.69, 9.17) is 4.74 Å². The molecule has 0 bridgehead atoms. The van der Waals surface area contributed by atoms with Crippen molar-refractivity contribution in [3.05, 3.63) is 77.5 Å². The standard InChI is InChI=1S/C23H21NO6/c1-23(2,3)30-22(29)24-13-17(14-8-6-7-11-18(14)24)20(26)12-19(25)15-9-4-5-10-16(15)21(27)28/h4-13,26H,1-3H3,(H,27,28). The Bertz CT molecular complexity index is 1180. The van der Waals surface area contributed by atoms with Crippen molar-refractivity contribution in [2.75, 3.05) is 0 Å². The van der Waals surface area contributed by atoms with E-state index in [0.29, 0.717) is 10.9 Å².